The number of rotatable bonds is 4. The molecule has 0 bridgehead atoms. The number of carbonyl (C=O) groups is 2. The molecule has 1 heterocycles. The van der Waals surface area contributed by atoms with E-state index in [1.807, 2.05) is 18.7 Å². The minimum atomic E-state index is -0.628. The third-order valence-electron chi connectivity index (χ3n) is 2.56. The Morgan fingerprint density at radius 3 is 2.44 bits per heavy atom. The molecule has 1 unspecified atom stereocenters. The molecule has 0 aliphatic carbocycles. The van der Waals surface area contributed by atoms with E-state index >= 15 is 0 Å². The predicted molar refractivity (Wildman–Crippen MR) is 57.5 cm³/mol. The largest absolute Gasteiger partial charge is 0.467 e. The quantitative estimate of drug-likeness (QED) is 0.522. The van der Waals surface area contributed by atoms with Gasteiger partial charge in [-0.15, -0.1) is 0 Å². The van der Waals surface area contributed by atoms with Crippen LogP contribution in [-0.2, 0) is 19.1 Å². The second kappa shape index (κ2) is 5.01. The standard InChI is InChI=1S/C11H17NO4/c1-5-12(6-2)10-8(11(14)15-4)9(13)7(3)16-10/h7H,5-6H2,1-4H3. The number of ketones is 1. The maximum atomic E-state index is 11.7. The molecule has 0 saturated heterocycles. The molecule has 0 aromatic heterocycles. The summed E-state index contributed by atoms with van der Waals surface area (Å²) in [5.41, 5.74) is 0.0266. The minimum Gasteiger partial charge on any atom is -0.467 e. The fourth-order valence-corrected chi connectivity index (χ4v) is 1.62. The predicted octanol–water partition coefficient (Wildman–Crippen LogP) is 0.701. The number of hydrogen-bond acceptors (Lipinski definition) is 5. The van der Waals surface area contributed by atoms with Crippen molar-refractivity contribution in [2.75, 3.05) is 20.2 Å². The number of Topliss-reactive ketones (excluding diaryl/α,β-unsaturated/α-hetero) is 1. The minimum absolute atomic E-state index is 0.0266. The molecule has 5 heteroatoms. The molecule has 0 amide bonds. The zero-order valence-corrected chi connectivity index (χ0v) is 10.1. The molecule has 1 aliphatic rings. The van der Waals surface area contributed by atoms with Gasteiger partial charge in [0.2, 0.25) is 11.7 Å². The molecule has 90 valence electrons. The van der Waals surface area contributed by atoms with Crippen molar-refractivity contribution in [3.8, 4) is 0 Å². The first-order chi connectivity index (χ1) is 7.56. The average Bonchev–Trinajstić information content (AvgIpc) is 2.57. The summed E-state index contributed by atoms with van der Waals surface area (Å²) in [5.74, 6) is -0.598. The van der Waals surface area contributed by atoms with Crippen molar-refractivity contribution in [1.82, 2.24) is 4.90 Å². The average molecular weight is 227 g/mol. The highest BCUT2D eigenvalue weighted by Crippen LogP contribution is 2.25. The lowest BCUT2D eigenvalue weighted by molar-refractivity contribution is -0.137. The molecular formula is C11H17NO4. The van der Waals surface area contributed by atoms with Crippen LogP contribution >= 0.6 is 0 Å². The van der Waals surface area contributed by atoms with Gasteiger partial charge in [-0.3, -0.25) is 4.79 Å². The summed E-state index contributed by atoms with van der Waals surface area (Å²) in [6.07, 6.45) is -0.607. The van der Waals surface area contributed by atoms with Gasteiger partial charge >= 0.3 is 5.97 Å². The smallest absolute Gasteiger partial charge is 0.347 e. The number of ether oxygens (including phenoxy) is 2. The Hall–Kier alpha value is -1.52. The summed E-state index contributed by atoms with van der Waals surface area (Å²) in [7, 11) is 1.26. The van der Waals surface area contributed by atoms with Crippen molar-refractivity contribution in [2.24, 2.45) is 0 Å². The molecule has 0 spiro atoms. The van der Waals surface area contributed by atoms with E-state index in [1.54, 1.807) is 6.92 Å². The molecule has 1 aliphatic heterocycles. The van der Waals surface area contributed by atoms with Gasteiger partial charge in [-0.1, -0.05) is 0 Å². The zero-order valence-electron chi connectivity index (χ0n) is 10.1. The van der Waals surface area contributed by atoms with Crippen LogP contribution in [0.3, 0.4) is 0 Å². The fraction of sp³-hybridized carbons (Fsp3) is 0.636. The van der Waals surface area contributed by atoms with Crippen LogP contribution in [-0.4, -0.2) is 43.0 Å². The van der Waals surface area contributed by atoms with E-state index < -0.39 is 12.1 Å². The zero-order chi connectivity index (χ0) is 12.3. The van der Waals surface area contributed by atoms with Crippen LogP contribution in [0, 0.1) is 0 Å². The highest BCUT2D eigenvalue weighted by molar-refractivity contribution is 6.20. The Kier molecular flexibility index (Phi) is 3.93. The van der Waals surface area contributed by atoms with E-state index in [9.17, 15) is 9.59 Å². The molecule has 0 aromatic rings. The van der Waals surface area contributed by atoms with Crippen molar-refractivity contribution in [3.05, 3.63) is 11.5 Å². The van der Waals surface area contributed by atoms with Crippen LogP contribution in [0.5, 0.6) is 0 Å². The molecule has 0 aromatic carbocycles. The van der Waals surface area contributed by atoms with Gasteiger partial charge in [-0.05, 0) is 20.8 Å². The third-order valence-corrected chi connectivity index (χ3v) is 2.56. The molecular weight excluding hydrogens is 210 g/mol. The van der Waals surface area contributed by atoms with Gasteiger partial charge in [0, 0.05) is 13.1 Å². The van der Waals surface area contributed by atoms with Gasteiger partial charge in [-0.25, -0.2) is 4.79 Å². The summed E-state index contributed by atoms with van der Waals surface area (Å²) in [6, 6.07) is 0. The normalized spacial score (nSPS) is 19.8. The number of hydrogen-bond donors (Lipinski definition) is 0. The Morgan fingerprint density at radius 2 is 2.00 bits per heavy atom. The Bertz CT molecular complexity index is 331. The number of esters is 1. The van der Waals surface area contributed by atoms with Crippen LogP contribution in [0.2, 0.25) is 0 Å². The highest BCUT2D eigenvalue weighted by atomic mass is 16.5. The van der Waals surface area contributed by atoms with E-state index in [4.69, 9.17) is 4.74 Å². The van der Waals surface area contributed by atoms with Crippen LogP contribution in [0.4, 0.5) is 0 Å². The number of methoxy groups -OCH3 is 1. The van der Waals surface area contributed by atoms with E-state index in [2.05, 4.69) is 4.74 Å². The first-order valence-corrected chi connectivity index (χ1v) is 5.35. The van der Waals surface area contributed by atoms with Crippen LogP contribution in [0.25, 0.3) is 0 Å². The van der Waals surface area contributed by atoms with Gasteiger partial charge in [-0.2, -0.15) is 0 Å². The molecule has 1 atom stereocenters. The number of nitrogens with zero attached hydrogens (tertiary/aromatic N) is 1. The maximum Gasteiger partial charge on any atom is 0.347 e. The number of carbonyl (C=O) groups excluding carboxylic acids is 2. The van der Waals surface area contributed by atoms with Crippen LogP contribution < -0.4 is 0 Å². The summed E-state index contributed by atoms with van der Waals surface area (Å²) in [4.78, 5) is 25.1. The molecule has 16 heavy (non-hydrogen) atoms. The van der Waals surface area contributed by atoms with Crippen molar-refractivity contribution < 1.29 is 19.1 Å². The van der Waals surface area contributed by atoms with E-state index in [0.29, 0.717) is 19.0 Å². The third kappa shape index (κ3) is 2.03. The Labute approximate surface area is 95.0 Å². The van der Waals surface area contributed by atoms with Crippen LogP contribution in [0.1, 0.15) is 20.8 Å². The molecule has 0 N–H and O–H groups in total. The van der Waals surface area contributed by atoms with E-state index in [1.165, 1.54) is 7.11 Å². The van der Waals surface area contributed by atoms with Gasteiger partial charge < -0.3 is 14.4 Å². The van der Waals surface area contributed by atoms with Crippen molar-refractivity contribution in [1.29, 1.82) is 0 Å². The van der Waals surface area contributed by atoms with E-state index in [-0.39, 0.29) is 11.4 Å². The van der Waals surface area contributed by atoms with Gasteiger partial charge in [0.05, 0.1) is 7.11 Å². The highest BCUT2D eigenvalue weighted by Gasteiger charge is 2.39. The lowest BCUT2D eigenvalue weighted by Gasteiger charge is -2.22. The molecule has 5 nitrogen and oxygen atoms in total. The van der Waals surface area contributed by atoms with Crippen molar-refractivity contribution in [3.63, 3.8) is 0 Å². The first kappa shape index (κ1) is 12.5. The van der Waals surface area contributed by atoms with Crippen LogP contribution in [0.15, 0.2) is 11.5 Å². The molecule has 0 saturated carbocycles. The summed E-state index contributed by atoms with van der Waals surface area (Å²) in [5, 5.41) is 0. The Balaban J connectivity index is 3.12. The van der Waals surface area contributed by atoms with Crippen molar-refractivity contribution >= 4 is 11.8 Å². The topological polar surface area (TPSA) is 55.8 Å². The van der Waals surface area contributed by atoms with Crippen molar-refractivity contribution in [2.45, 2.75) is 26.9 Å². The lowest BCUT2D eigenvalue weighted by atomic mass is 10.1. The molecule has 0 fully saturated rings. The SMILES string of the molecule is CCN(CC)C1=C(C(=O)OC)C(=O)C(C)O1. The summed E-state index contributed by atoms with van der Waals surface area (Å²) in [6.45, 7) is 6.84. The lowest BCUT2D eigenvalue weighted by Crippen LogP contribution is -2.25. The van der Waals surface area contributed by atoms with Gasteiger partial charge in [0.15, 0.2) is 11.7 Å². The second-order valence-corrected chi connectivity index (χ2v) is 3.47. The molecule has 1 rings (SSSR count). The first-order valence-electron chi connectivity index (χ1n) is 5.35. The summed E-state index contributed by atoms with van der Waals surface area (Å²) >= 11 is 0. The monoisotopic (exact) mass is 227 g/mol. The van der Waals surface area contributed by atoms with E-state index in [0.717, 1.165) is 0 Å². The Morgan fingerprint density at radius 1 is 1.44 bits per heavy atom. The fourth-order valence-electron chi connectivity index (χ4n) is 1.62. The van der Waals surface area contributed by atoms with Gasteiger partial charge in [0.1, 0.15) is 0 Å². The summed E-state index contributed by atoms with van der Waals surface area (Å²) < 4.78 is 10.0. The maximum absolute atomic E-state index is 11.7. The molecule has 0 radical (unpaired) electrons. The second-order valence-electron chi connectivity index (χ2n) is 3.47. The van der Waals surface area contributed by atoms with Gasteiger partial charge in [0.25, 0.3) is 0 Å².